The lowest BCUT2D eigenvalue weighted by Crippen LogP contribution is -2.38. The first-order valence-corrected chi connectivity index (χ1v) is 10.6. The van der Waals surface area contributed by atoms with Crippen LogP contribution in [0.4, 0.5) is 0 Å². The third-order valence-electron chi connectivity index (χ3n) is 5.12. The Morgan fingerprint density at radius 1 is 1.07 bits per heavy atom. The van der Waals surface area contributed by atoms with Gasteiger partial charge in [-0.05, 0) is 43.3 Å². The van der Waals surface area contributed by atoms with Crippen LogP contribution in [0.1, 0.15) is 16.9 Å². The molecule has 0 spiro atoms. The molecule has 4 rings (SSSR count). The Morgan fingerprint density at radius 3 is 2.53 bits per heavy atom. The molecule has 1 aliphatic rings. The van der Waals surface area contributed by atoms with Gasteiger partial charge in [-0.1, -0.05) is 41.9 Å². The van der Waals surface area contributed by atoms with Gasteiger partial charge >= 0.3 is 0 Å². The molecule has 3 aromatic rings. The molecule has 6 nitrogen and oxygen atoms in total. The Labute approximate surface area is 181 Å². The van der Waals surface area contributed by atoms with Crippen LogP contribution in [0.3, 0.4) is 0 Å². The zero-order valence-electron chi connectivity index (χ0n) is 16.8. The molecular formula is C23H25ClN4O2. The van der Waals surface area contributed by atoms with Gasteiger partial charge in [0.2, 0.25) is 0 Å². The Balaban J connectivity index is 1.48. The lowest BCUT2D eigenvalue weighted by molar-refractivity contribution is 0.0374. The minimum atomic E-state index is -0.131. The zero-order chi connectivity index (χ0) is 20.8. The van der Waals surface area contributed by atoms with Gasteiger partial charge in [-0.2, -0.15) is 5.10 Å². The molecule has 2 heterocycles. The number of amides is 1. The quantitative estimate of drug-likeness (QED) is 0.588. The maximum atomic E-state index is 13.0. The Kier molecular flexibility index (Phi) is 6.79. The molecule has 1 amide bonds. The van der Waals surface area contributed by atoms with Gasteiger partial charge in [0, 0.05) is 30.2 Å². The molecule has 156 valence electrons. The predicted molar refractivity (Wildman–Crippen MR) is 118 cm³/mol. The average molecular weight is 425 g/mol. The second-order valence-electron chi connectivity index (χ2n) is 7.23. The summed E-state index contributed by atoms with van der Waals surface area (Å²) in [4.78, 5) is 15.3. The molecule has 0 radical (unpaired) electrons. The number of para-hydroxylation sites is 1. The van der Waals surface area contributed by atoms with E-state index in [0.717, 1.165) is 56.2 Å². The fraction of sp³-hybridized carbons (Fsp3) is 0.304. The third-order valence-corrected chi connectivity index (χ3v) is 5.38. The third kappa shape index (κ3) is 5.08. The Hall–Kier alpha value is -2.67. The number of rotatable bonds is 7. The SMILES string of the molecule is O=C(NCCCN1CCOCC1)c1cc(-c2ccc(Cl)cc2)nn1-c1ccccc1. The van der Waals surface area contributed by atoms with Crippen LogP contribution in [0.2, 0.25) is 5.02 Å². The number of ether oxygens (including phenoxy) is 1. The molecule has 1 aliphatic heterocycles. The minimum absolute atomic E-state index is 0.131. The molecule has 0 saturated carbocycles. The largest absolute Gasteiger partial charge is 0.379 e. The van der Waals surface area contributed by atoms with Crippen LogP contribution >= 0.6 is 11.6 Å². The van der Waals surface area contributed by atoms with E-state index in [-0.39, 0.29) is 5.91 Å². The van der Waals surface area contributed by atoms with E-state index in [2.05, 4.69) is 10.2 Å². The van der Waals surface area contributed by atoms with Gasteiger partial charge in [0.05, 0.1) is 24.6 Å². The predicted octanol–water partition coefficient (Wildman–Crippen LogP) is 3.64. The molecule has 30 heavy (non-hydrogen) atoms. The van der Waals surface area contributed by atoms with Crippen LogP contribution < -0.4 is 5.32 Å². The summed E-state index contributed by atoms with van der Waals surface area (Å²) in [6.07, 6.45) is 0.898. The van der Waals surface area contributed by atoms with E-state index in [1.807, 2.05) is 60.7 Å². The highest BCUT2D eigenvalue weighted by Gasteiger charge is 2.18. The highest BCUT2D eigenvalue weighted by molar-refractivity contribution is 6.30. The Bertz CT molecular complexity index is 967. The van der Waals surface area contributed by atoms with Crippen LogP contribution in [0.25, 0.3) is 16.9 Å². The number of nitrogens with one attached hydrogen (secondary N) is 1. The fourth-order valence-corrected chi connectivity index (χ4v) is 3.62. The van der Waals surface area contributed by atoms with E-state index in [1.54, 1.807) is 4.68 Å². The number of carbonyl (C=O) groups excluding carboxylic acids is 1. The maximum absolute atomic E-state index is 13.0. The standard InChI is InChI=1S/C23H25ClN4O2/c24-19-9-7-18(8-10-19)21-17-22(28(26-21)20-5-2-1-3-6-20)23(29)25-11-4-12-27-13-15-30-16-14-27/h1-3,5-10,17H,4,11-16H2,(H,25,29). The van der Waals surface area contributed by atoms with Crippen molar-refractivity contribution < 1.29 is 9.53 Å². The van der Waals surface area contributed by atoms with Crippen LogP contribution in [-0.2, 0) is 4.74 Å². The van der Waals surface area contributed by atoms with E-state index < -0.39 is 0 Å². The molecule has 7 heteroatoms. The molecule has 1 N–H and O–H groups in total. The minimum Gasteiger partial charge on any atom is -0.379 e. The first kappa shape index (κ1) is 20.6. The van der Waals surface area contributed by atoms with Gasteiger partial charge in [-0.3, -0.25) is 9.69 Å². The molecule has 0 aliphatic carbocycles. The average Bonchev–Trinajstić information content (AvgIpc) is 3.24. The summed E-state index contributed by atoms with van der Waals surface area (Å²) in [5, 5.41) is 8.40. The molecule has 0 bridgehead atoms. The molecule has 1 fully saturated rings. The zero-order valence-corrected chi connectivity index (χ0v) is 17.5. The number of morpholine rings is 1. The highest BCUT2D eigenvalue weighted by Crippen LogP contribution is 2.23. The van der Waals surface area contributed by atoms with Crippen molar-refractivity contribution in [1.82, 2.24) is 20.0 Å². The summed E-state index contributed by atoms with van der Waals surface area (Å²) >= 11 is 6.01. The number of aromatic nitrogens is 2. The van der Waals surface area contributed by atoms with Crippen molar-refractivity contribution >= 4 is 17.5 Å². The van der Waals surface area contributed by atoms with Gasteiger partial charge in [-0.15, -0.1) is 0 Å². The summed E-state index contributed by atoms with van der Waals surface area (Å²) in [7, 11) is 0. The second kappa shape index (κ2) is 9.89. The molecular weight excluding hydrogens is 400 g/mol. The van der Waals surface area contributed by atoms with E-state index in [4.69, 9.17) is 21.4 Å². The normalized spacial score (nSPS) is 14.6. The monoisotopic (exact) mass is 424 g/mol. The van der Waals surface area contributed by atoms with Gasteiger partial charge < -0.3 is 10.1 Å². The highest BCUT2D eigenvalue weighted by atomic mass is 35.5. The number of halogens is 1. The van der Waals surface area contributed by atoms with Crippen molar-refractivity contribution in [3.05, 3.63) is 71.4 Å². The van der Waals surface area contributed by atoms with Crippen LogP contribution in [-0.4, -0.2) is 60.0 Å². The first-order valence-electron chi connectivity index (χ1n) is 10.2. The topological polar surface area (TPSA) is 59.4 Å². The summed E-state index contributed by atoms with van der Waals surface area (Å²) in [6, 6.07) is 19.0. The lowest BCUT2D eigenvalue weighted by Gasteiger charge is -2.26. The van der Waals surface area contributed by atoms with E-state index in [0.29, 0.717) is 17.3 Å². The summed E-state index contributed by atoms with van der Waals surface area (Å²) in [6.45, 7) is 5.06. The Morgan fingerprint density at radius 2 is 1.80 bits per heavy atom. The van der Waals surface area contributed by atoms with Crippen LogP contribution in [0, 0.1) is 0 Å². The summed E-state index contributed by atoms with van der Waals surface area (Å²) in [5.74, 6) is -0.131. The fourth-order valence-electron chi connectivity index (χ4n) is 3.49. The molecule has 0 unspecified atom stereocenters. The summed E-state index contributed by atoms with van der Waals surface area (Å²) < 4.78 is 7.07. The number of hydrogen-bond acceptors (Lipinski definition) is 4. The van der Waals surface area contributed by atoms with Crippen molar-refractivity contribution in [2.24, 2.45) is 0 Å². The number of hydrogen-bond donors (Lipinski definition) is 1. The van der Waals surface area contributed by atoms with Gasteiger partial charge in [0.15, 0.2) is 0 Å². The van der Waals surface area contributed by atoms with Crippen molar-refractivity contribution in [3.8, 4) is 16.9 Å². The lowest BCUT2D eigenvalue weighted by atomic mass is 10.1. The second-order valence-corrected chi connectivity index (χ2v) is 7.67. The van der Waals surface area contributed by atoms with Gasteiger partial charge in [-0.25, -0.2) is 4.68 Å². The molecule has 1 aromatic heterocycles. The van der Waals surface area contributed by atoms with Gasteiger partial charge in [0.25, 0.3) is 5.91 Å². The van der Waals surface area contributed by atoms with Crippen molar-refractivity contribution in [3.63, 3.8) is 0 Å². The number of nitrogens with zero attached hydrogens (tertiary/aromatic N) is 3. The van der Waals surface area contributed by atoms with Gasteiger partial charge in [0.1, 0.15) is 5.69 Å². The molecule has 2 aromatic carbocycles. The summed E-state index contributed by atoms with van der Waals surface area (Å²) in [5.41, 5.74) is 3.00. The van der Waals surface area contributed by atoms with Crippen molar-refractivity contribution in [1.29, 1.82) is 0 Å². The van der Waals surface area contributed by atoms with Crippen LogP contribution in [0.15, 0.2) is 60.7 Å². The number of benzene rings is 2. The first-order chi connectivity index (χ1) is 14.7. The molecule has 0 atom stereocenters. The van der Waals surface area contributed by atoms with E-state index in [9.17, 15) is 4.79 Å². The molecule has 1 saturated heterocycles. The van der Waals surface area contributed by atoms with Crippen molar-refractivity contribution in [2.75, 3.05) is 39.4 Å². The smallest absolute Gasteiger partial charge is 0.270 e. The van der Waals surface area contributed by atoms with E-state index >= 15 is 0 Å². The van der Waals surface area contributed by atoms with Crippen LogP contribution in [0.5, 0.6) is 0 Å². The maximum Gasteiger partial charge on any atom is 0.270 e. The van der Waals surface area contributed by atoms with E-state index in [1.165, 1.54) is 0 Å². The van der Waals surface area contributed by atoms with Crippen molar-refractivity contribution in [2.45, 2.75) is 6.42 Å². The number of carbonyl (C=O) groups is 1.